The summed E-state index contributed by atoms with van der Waals surface area (Å²) in [5.74, 6) is 0.0529. The largest absolute Gasteiger partial charge is 0.392 e. The van der Waals surface area contributed by atoms with Crippen LogP contribution in [-0.2, 0) is 10.2 Å². The Hall–Kier alpha value is -1.10. The first kappa shape index (κ1) is 19.2. The fraction of sp³-hybridized carbons (Fsp3) is 0.632. The number of amides is 1. The van der Waals surface area contributed by atoms with Gasteiger partial charge in [0.25, 0.3) is 0 Å². The van der Waals surface area contributed by atoms with Gasteiger partial charge < -0.3 is 16.2 Å². The maximum atomic E-state index is 12.5. The van der Waals surface area contributed by atoms with Crippen molar-refractivity contribution in [2.24, 2.45) is 11.7 Å². The lowest BCUT2D eigenvalue weighted by molar-refractivity contribution is -0.127. The van der Waals surface area contributed by atoms with Crippen molar-refractivity contribution in [3.05, 3.63) is 35.9 Å². The van der Waals surface area contributed by atoms with Crippen LogP contribution in [0.5, 0.6) is 0 Å². The van der Waals surface area contributed by atoms with Crippen molar-refractivity contribution in [1.29, 1.82) is 0 Å². The molecular formula is C19H29ClN2O2. The molecule has 1 amide bonds. The monoisotopic (exact) mass is 352 g/mol. The lowest BCUT2D eigenvalue weighted by Crippen LogP contribution is -2.47. The van der Waals surface area contributed by atoms with Crippen LogP contribution >= 0.6 is 12.4 Å². The van der Waals surface area contributed by atoms with E-state index in [9.17, 15) is 9.90 Å². The van der Waals surface area contributed by atoms with Crippen molar-refractivity contribution in [1.82, 2.24) is 5.32 Å². The molecular weight excluding hydrogens is 324 g/mol. The first-order valence-electron chi connectivity index (χ1n) is 8.88. The van der Waals surface area contributed by atoms with Gasteiger partial charge in [-0.15, -0.1) is 12.4 Å². The zero-order valence-corrected chi connectivity index (χ0v) is 14.9. The van der Waals surface area contributed by atoms with Gasteiger partial charge in [-0.25, -0.2) is 0 Å². The second kappa shape index (κ2) is 8.32. The molecule has 0 aromatic heterocycles. The van der Waals surface area contributed by atoms with Gasteiger partial charge in [0.05, 0.1) is 6.10 Å². The van der Waals surface area contributed by atoms with E-state index >= 15 is 0 Å². The lowest BCUT2D eigenvalue weighted by Gasteiger charge is -2.33. The highest BCUT2D eigenvalue weighted by Crippen LogP contribution is 2.40. The van der Waals surface area contributed by atoms with Gasteiger partial charge in [-0.2, -0.15) is 0 Å². The molecule has 1 aromatic rings. The average molecular weight is 353 g/mol. The van der Waals surface area contributed by atoms with Crippen LogP contribution in [0.25, 0.3) is 0 Å². The third-order valence-electron chi connectivity index (χ3n) is 5.78. The number of rotatable bonds is 4. The molecule has 24 heavy (non-hydrogen) atoms. The van der Waals surface area contributed by atoms with Gasteiger partial charge in [0.2, 0.25) is 5.91 Å². The SMILES string of the molecule is Cl.N[C@@H]1C[C@@H](C(=O)NCC2(c3ccccc3)CCCC2)CC[C@H]1O. The molecule has 4 nitrogen and oxygen atoms in total. The number of nitrogens with two attached hydrogens (primary N) is 1. The Balaban J connectivity index is 0.00000208. The van der Waals surface area contributed by atoms with Crippen LogP contribution in [0.4, 0.5) is 0 Å². The van der Waals surface area contributed by atoms with E-state index in [1.165, 1.54) is 18.4 Å². The normalized spacial score (nSPS) is 28.8. The van der Waals surface area contributed by atoms with Crippen molar-refractivity contribution in [2.75, 3.05) is 6.54 Å². The lowest BCUT2D eigenvalue weighted by atomic mass is 9.78. The number of hydrogen-bond donors (Lipinski definition) is 3. The van der Waals surface area contributed by atoms with E-state index in [4.69, 9.17) is 5.73 Å². The summed E-state index contributed by atoms with van der Waals surface area (Å²) >= 11 is 0. The number of aliphatic hydroxyl groups excluding tert-OH is 1. The summed E-state index contributed by atoms with van der Waals surface area (Å²) in [4.78, 5) is 12.5. The summed E-state index contributed by atoms with van der Waals surface area (Å²) in [5, 5.41) is 12.9. The number of nitrogens with one attached hydrogen (secondary N) is 1. The van der Waals surface area contributed by atoms with Crippen LogP contribution in [-0.4, -0.2) is 29.7 Å². The third kappa shape index (κ3) is 4.11. The van der Waals surface area contributed by atoms with Crippen molar-refractivity contribution in [3.8, 4) is 0 Å². The zero-order valence-electron chi connectivity index (χ0n) is 14.1. The van der Waals surface area contributed by atoms with E-state index in [0.717, 1.165) is 19.3 Å². The van der Waals surface area contributed by atoms with E-state index in [2.05, 4.69) is 29.6 Å². The highest BCUT2D eigenvalue weighted by Gasteiger charge is 2.37. The number of aliphatic hydroxyl groups is 1. The second-order valence-corrected chi connectivity index (χ2v) is 7.31. The summed E-state index contributed by atoms with van der Waals surface area (Å²) < 4.78 is 0. The Morgan fingerprint density at radius 2 is 1.88 bits per heavy atom. The van der Waals surface area contributed by atoms with E-state index in [0.29, 0.717) is 19.4 Å². The van der Waals surface area contributed by atoms with Gasteiger partial charge in [-0.3, -0.25) is 4.79 Å². The molecule has 0 unspecified atom stereocenters. The van der Waals surface area contributed by atoms with E-state index in [1.807, 2.05) is 6.07 Å². The Morgan fingerprint density at radius 1 is 1.21 bits per heavy atom. The van der Waals surface area contributed by atoms with Crippen LogP contribution in [0.1, 0.15) is 50.5 Å². The highest BCUT2D eigenvalue weighted by atomic mass is 35.5. The Morgan fingerprint density at radius 3 is 2.50 bits per heavy atom. The number of hydrogen-bond acceptors (Lipinski definition) is 3. The van der Waals surface area contributed by atoms with E-state index in [-0.39, 0.29) is 35.7 Å². The van der Waals surface area contributed by atoms with Crippen LogP contribution in [0, 0.1) is 5.92 Å². The summed E-state index contributed by atoms with van der Waals surface area (Å²) in [6, 6.07) is 10.3. The van der Waals surface area contributed by atoms with Crippen LogP contribution in [0.3, 0.4) is 0 Å². The van der Waals surface area contributed by atoms with Gasteiger partial charge in [0.15, 0.2) is 0 Å². The topological polar surface area (TPSA) is 75.4 Å². The Kier molecular flexibility index (Phi) is 6.67. The van der Waals surface area contributed by atoms with Gasteiger partial charge in [0.1, 0.15) is 0 Å². The molecule has 2 aliphatic carbocycles. The van der Waals surface area contributed by atoms with Crippen molar-refractivity contribution in [2.45, 2.75) is 62.5 Å². The molecule has 0 heterocycles. The number of halogens is 1. The Labute approximate surface area is 150 Å². The minimum Gasteiger partial charge on any atom is -0.392 e. The fourth-order valence-corrected chi connectivity index (χ4v) is 4.24. The molecule has 0 bridgehead atoms. The van der Waals surface area contributed by atoms with Gasteiger partial charge in [0, 0.05) is 23.9 Å². The molecule has 1 aromatic carbocycles. The number of benzene rings is 1. The standard InChI is InChI=1S/C19H28N2O2.ClH/c20-16-12-14(8-9-17(16)22)18(23)21-13-19(10-4-5-11-19)15-6-2-1-3-7-15;/h1-3,6-7,14,16-17,22H,4-5,8-13,20H2,(H,21,23);1H/t14-,16+,17+;/m0./s1. The average Bonchev–Trinajstić information content (AvgIpc) is 3.06. The maximum Gasteiger partial charge on any atom is 0.223 e. The summed E-state index contributed by atoms with van der Waals surface area (Å²) in [6.07, 6.45) is 6.23. The van der Waals surface area contributed by atoms with Crippen LogP contribution < -0.4 is 11.1 Å². The molecule has 4 N–H and O–H groups in total. The minimum atomic E-state index is -0.454. The number of carbonyl (C=O) groups excluding carboxylic acids is 1. The molecule has 3 atom stereocenters. The molecule has 0 saturated heterocycles. The summed E-state index contributed by atoms with van der Waals surface area (Å²) in [6.45, 7) is 0.712. The smallest absolute Gasteiger partial charge is 0.223 e. The predicted octanol–water partition coefficient (Wildman–Crippen LogP) is 2.52. The first-order chi connectivity index (χ1) is 11.1. The third-order valence-corrected chi connectivity index (χ3v) is 5.78. The van der Waals surface area contributed by atoms with E-state index < -0.39 is 6.10 Å². The molecule has 2 aliphatic rings. The van der Waals surface area contributed by atoms with Gasteiger partial charge >= 0.3 is 0 Å². The predicted molar refractivity (Wildman–Crippen MR) is 98.2 cm³/mol. The van der Waals surface area contributed by atoms with Crippen LogP contribution in [0.2, 0.25) is 0 Å². The summed E-state index contributed by atoms with van der Waals surface area (Å²) in [5.41, 5.74) is 7.34. The van der Waals surface area contributed by atoms with Gasteiger partial charge in [-0.05, 0) is 37.7 Å². The van der Waals surface area contributed by atoms with Crippen molar-refractivity contribution >= 4 is 18.3 Å². The summed E-state index contributed by atoms with van der Waals surface area (Å²) in [7, 11) is 0. The molecule has 3 rings (SSSR count). The molecule has 0 aliphatic heterocycles. The molecule has 134 valence electrons. The molecule has 2 fully saturated rings. The Bertz CT molecular complexity index is 531. The van der Waals surface area contributed by atoms with Gasteiger partial charge in [-0.1, -0.05) is 43.2 Å². The first-order valence-corrected chi connectivity index (χ1v) is 8.88. The highest BCUT2D eigenvalue weighted by molar-refractivity contribution is 5.85. The zero-order chi connectivity index (χ0) is 16.3. The van der Waals surface area contributed by atoms with Crippen LogP contribution in [0.15, 0.2) is 30.3 Å². The maximum absolute atomic E-state index is 12.5. The van der Waals surface area contributed by atoms with Crippen molar-refractivity contribution in [3.63, 3.8) is 0 Å². The quantitative estimate of drug-likeness (QED) is 0.779. The molecule has 0 radical (unpaired) electrons. The van der Waals surface area contributed by atoms with E-state index in [1.54, 1.807) is 0 Å². The van der Waals surface area contributed by atoms with Crippen molar-refractivity contribution < 1.29 is 9.90 Å². The molecule has 0 spiro atoms. The molecule has 5 heteroatoms. The minimum absolute atomic E-state index is 0. The number of carbonyl (C=O) groups is 1. The second-order valence-electron chi connectivity index (χ2n) is 7.31. The fourth-order valence-electron chi connectivity index (χ4n) is 4.24. The molecule has 2 saturated carbocycles.